The van der Waals surface area contributed by atoms with Gasteiger partial charge in [-0.3, -0.25) is 5.84 Å². The first kappa shape index (κ1) is 14.0. The van der Waals surface area contributed by atoms with Gasteiger partial charge >= 0.3 is 0 Å². The monoisotopic (exact) mass is 280 g/mol. The third kappa shape index (κ3) is 2.61. The lowest BCUT2D eigenvalue weighted by molar-refractivity contribution is -0.150. The summed E-state index contributed by atoms with van der Waals surface area (Å²) in [6, 6.07) is 0.0821. The Balaban J connectivity index is 1.76. The quantitative estimate of drug-likeness (QED) is 0.635. The largest absolute Gasteiger partial charge is 0.381 e. The molecular formula is C14H24N4O2. The van der Waals surface area contributed by atoms with Crippen LogP contribution in [0.4, 0.5) is 0 Å². The predicted octanol–water partition coefficient (Wildman–Crippen LogP) is 0.900. The zero-order chi connectivity index (χ0) is 14.0. The van der Waals surface area contributed by atoms with E-state index in [1.54, 1.807) is 0 Å². The summed E-state index contributed by atoms with van der Waals surface area (Å²) in [5.41, 5.74) is 2.95. The molecule has 6 nitrogen and oxygen atoms in total. The van der Waals surface area contributed by atoms with E-state index in [0.29, 0.717) is 5.92 Å². The van der Waals surface area contributed by atoms with E-state index < -0.39 is 0 Å². The Kier molecular flexibility index (Phi) is 4.07. The van der Waals surface area contributed by atoms with E-state index in [9.17, 15) is 0 Å². The molecule has 1 aromatic heterocycles. The van der Waals surface area contributed by atoms with Crippen LogP contribution in [0.3, 0.4) is 0 Å². The van der Waals surface area contributed by atoms with E-state index in [0.717, 1.165) is 51.3 Å². The molecule has 2 fully saturated rings. The fourth-order valence-electron chi connectivity index (χ4n) is 3.54. The Morgan fingerprint density at radius 1 is 1.45 bits per heavy atom. The zero-order valence-electron chi connectivity index (χ0n) is 12.0. The highest BCUT2D eigenvalue weighted by molar-refractivity contribution is 5.03. The molecule has 2 atom stereocenters. The van der Waals surface area contributed by atoms with Crippen molar-refractivity contribution >= 4 is 0 Å². The maximum absolute atomic E-state index is 6.10. The summed E-state index contributed by atoms with van der Waals surface area (Å²) >= 11 is 0. The second kappa shape index (κ2) is 5.81. The minimum atomic E-state index is -0.0125. The van der Waals surface area contributed by atoms with Gasteiger partial charge < -0.3 is 14.0 Å². The molecule has 6 heteroatoms. The Bertz CT molecular complexity index is 437. The molecule has 3 N–H and O–H groups in total. The Labute approximate surface area is 119 Å². The molecular weight excluding hydrogens is 256 g/mol. The molecule has 3 heterocycles. The summed E-state index contributed by atoms with van der Waals surface area (Å²) in [5, 5.41) is 0. The molecule has 0 aromatic carbocycles. The van der Waals surface area contributed by atoms with Crippen molar-refractivity contribution in [1.82, 2.24) is 15.0 Å². The SMILES string of the molecule is Cn1ccnc1C(NN)C1CCOC2(CCOCC2)C1. The molecule has 0 bridgehead atoms. The topological polar surface area (TPSA) is 74.3 Å². The second-order valence-electron chi connectivity index (χ2n) is 5.94. The van der Waals surface area contributed by atoms with Crippen molar-refractivity contribution in [2.24, 2.45) is 18.8 Å². The fourth-order valence-corrected chi connectivity index (χ4v) is 3.54. The van der Waals surface area contributed by atoms with E-state index in [2.05, 4.69) is 10.4 Å². The molecule has 2 aliphatic heterocycles. The van der Waals surface area contributed by atoms with Gasteiger partial charge in [0.05, 0.1) is 11.6 Å². The van der Waals surface area contributed by atoms with Crippen LogP contribution in [0.25, 0.3) is 0 Å². The van der Waals surface area contributed by atoms with Gasteiger partial charge in [-0.25, -0.2) is 10.4 Å². The van der Waals surface area contributed by atoms with Gasteiger partial charge in [0.2, 0.25) is 0 Å². The zero-order valence-corrected chi connectivity index (χ0v) is 12.0. The third-order valence-corrected chi connectivity index (χ3v) is 4.72. The molecule has 0 radical (unpaired) electrons. The van der Waals surface area contributed by atoms with Crippen LogP contribution in [0.2, 0.25) is 0 Å². The highest BCUT2D eigenvalue weighted by atomic mass is 16.5. The second-order valence-corrected chi connectivity index (χ2v) is 5.94. The first-order chi connectivity index (χ1) is 9.74. The summed E-state index contributed by atoms with van der Waals surface area (Å²) in [6.07, 6.45) is 7.80. The van der Waals surface area contributed by atoms with Gasteiger partial charge in [-0.2, -0.15) is 0 Å². The molecule has 0 amide bonds. The maximum Gasteiger partial charge on any atom is 0.127 e. The van der Waals surface area contributed by atoms with Gasteiger partial charge in [0.25, 0.3) is 0 Å². The molecule has 112 valence electrons. The van der Waals surface area contributed by atoms with Gasteiger partial charge in [0.1, 0.15) is 5.82 Å². The first-order valence-corrected chi connectivity index (χ1v) is 7.39. The van der Waals surface area contributed by atoms with Gasteiger partial charge in [0, 0.05) is 39.3 Å². The van der Waals surface area contributed by atoms with Crippen LogP contribution in [0, 0.1) is 5.92 Å². The number of nitrogens with two attached hydrogens (primary N) is 1. The van der Waals surface area contributed by atoms with Crippen molar-refractivity contribution in [3.63, 3.8) is 0 Å². The van der Waals surface area contributed by atoms with Gasteiger partial charge in [-0.1, -0.05) is 0 Å². The molecule has 1 aromatic rings. The van der Waals surface area contributed by atoms with Crippen molar-refractivity contribution in [2.45, 2.75) is 37.3 Å². The summed E-state index contributed by atoms with van der Waals surface area (Å²) in [4.78, 5) is 4.45. The van der Waals surface area contributed by atoms with Gasteiger partial charge in [-0.05, 0) is 31.6 Å². The molecule has 0 aliphatic carbocycles. The number of hydrogen-bond acceptors (Lipinski definition) is 5. The predicted molar refractivity (Wildman–Crippen MR) is 74.7 cm³/mol. The average Bonchev–Trinajstić information content (AvgIpc) is 2.87. The van der Waals surface area contributed by atoms with Crippen LogP contribution >= 0.6 is 0 Å². The highest BCUT2D eigenvalue weighted by Crippen LogP contribution is 2.41. The number of imidazole rings is 1. The van der Waals surface area contributed by atoms with E-state index in [1.807, 2.05) is 24.0 Å². The standard InChI is InChI=1S/C14H24N4O2/c1-18-6-5-16-13(18)12(17-15)11-2-7-20-14(10-11)3-8-19-9-4-14/h5-6,11-12,17H,2-4,7-10,15H2,1H3. The number of hydrazine groups is 1. The van der Waals surface area contributed by atoms with Crippen molar-refractivity contribution in [2.75, 3.05) is 19.8 Å². The third-order valence-electron chi connectivity index (χ3n) is 4.72. The van der Waals surface area contributed by atoms with Crippen LogP contribution in [-0.4, -0.2) is 35.0 Å². The number of aryl methyl sites for hydroxylation is 1. The van der Waals surface area contributed by atoms with Crippen LogP contribution < -0.4 is 11.3 Å². The molecule has 2 aliphatic rings. The van der Waals surface area contributed by atoms with E-state index in [4.69, 9.17) is 15.3 Å². The lowest BCUT2D eigenvalue weighted by Crippen LogP contribution is -2.48. The van der Waals surface area contributed by atoms with Crippen LogP contribution in [0.1, 0.15) is 37.5 Å². The van der Waals surface area contributed by atoms with Crippen molar-refractivity contribution in [3.05, 3.63) is 18.2 Å². The Hall–Kier alpha value is -0.950. The number of nitrogens with one attached hydrogen (secondary N) is 1. The maximum atomic E-state index is 6.10. The van der Waals surface area contributed by atoms with E-state index in [-0.39, 0.29) is 11.6 Å². The molecule has 3 rings (SSSR count). The van der Waals surface area contributed by atoms with Crippen LogP contribution in [0.15, 0.2) is 12.4 Å². The normalized spacial score (nSPS) is 27.6. The molecule has 2 unspecified atom stereocenters. The molecule has 20 heavy (non-hydrogen) atoms. The van der Waals surface area contributed by atoms with Crippen molar-refractivity contribution < 1.29 is 9.47 Å². The van der Waals surface area contributed by atoms with Crippen molar-refractivity contribution in [3.8, 4) is 0 Å². The number of nitrogens with zero attached hydrogens (tertiary/aromatic N) is 2. The Morgan fingerprint density at radius 2 is 2.25 bits per heavy atom. The van der Waals surface area contributed by atoms with Crippen LogP contribution in [-0.2, 0) is 16.5 Å². The van der Waals surface area contributed by atoms with Crippen molar-refractivity contribution in [1.29, 1.82) is 0 Å². The van der Waals surface area contributed by atoms with Crippen LogP contribution in [0.5, 0.6) is 0 Å². The molecule has 1 spiro atoms. The minimum Gasteiger partial charge on any atom is -0.381 e. The molecule has 0 saturated carbocycles. The molecule has 2 saturated heterocycles. The first-order valence-electron chi connectivity index (χ1n) is 7.39. The summed E-state index contributed by atoms with van der Waals surface area (Å²) < 4.78 is 13.6. The van der Waals surface area contributed by atoms with Gasteiger partial charge in [0.15, 0.2) is 0 Å². The number of ether oxygens (including phenoxy) is 2. The number of aromatic nitrogens is 2. The minimum absolute atomic E-state index is 0.0125. The summed E-state index contributed by atoms with van der Waals surface area (Å²) in [6.45, 7) is 2.40. The van der Waals surface area contributed by atoms with Gasteiger partial charge in [-0.15, -0.1) is 0 Å². The lowest BCUT2D eigenvalue weighted by Gasteiger charge is -2.45. The summed E-state index contributed by atoms with van der Waals surface area (Å²) in [7, 11) is 2.01. The lowest BCUT2D eigenvalue weighted by atomic mass is 9.77. The summed E-state index contributed by atoms with van der Waals surface area (Å²) in [5.74, 6) is 7.27. The number of hydrogen-bond donors (Lipinski definition) is 2. The smallest absolute Gasteiger partial charge is 0.127 e. The van der Waals surface area contributed by atoms with E-state index >= 15 is 0 Å². The highest BCUT2D eigenvalue weighted by Gasteiger charge is 2.42. The Morgan fingerprint density at radius 3 is 2.90 bits per heavy atom. The van der Waals surface area contributed by atoms with E-state index in [1.165, 1.54) is 0 Å². The average molecular weight is 280 g/mol. The fraction of sp³-hybridized carbons (Fsp3) is 0.786. The number of rotatable bonds is 3.